The highest BCUT2D eigenvalue weighted by molar-refractivity contribution is 6.30. The molecule has 7 heteroatoms. The molecule has 0 saturated carbocycles. The van der Waals surface area contributed by atoms with Crippen molar-refractivity contribution in [3.63, 3.8) is 0 Å². The van der Waals surface area contributed by atoms with Crippen LogP contribution in [-0.4, -0.2) is 33.6 Å². The first-order valence-electron chi connectivity index (χ1n) is 13.2. The Labute approximate surface area is 227 Å². The van der Waals surface area contributed by atoms with Gasteiger partial charge in [0.2, 0.25) is 0 Å². The number of halogens is 2. The van der Waals surface area contributed by atoms with Crippen molar-refractivity contribution in [2.75, 3.05) is 6.54 Å². The molecule has 2 unspecified atom stereocenters. The Balaban J connectivity index is 1.80. The van der Waals surface area contributed by atoms with Gasteiger partial charge in [0, 0.05) is 28.3 Å². The van der Waals surface area contributed by atoms with Crippen molar-refractivity contribution < 1.29 is 24.4 Å². The molecule has 2 aromatic carbocycles. The minimum atomic E-state index is -0.929. The zero-order valence-electron chi connectivity index (χ0n) is 22.0. The molecule has 200 valence electrons. The van der Waals surface area contributed by atoms with E-state index in [-0.39, 0.29) is 48.4 Å². The summed E-state index contributed by atoms with van der Waals surface area (Å²) in [5.74, 6) is -1.13. The third-order valence-electron chi connectivity index (χ3n) is 7.62. The van der Waals surface area contributed by atoms with Gasteiger partial charge < -0.3 is 15.2 Å². The molecular formula is C31H35ClFN2O3+. The van der Waals surface area contributed by atoms with Crippen molar-refractivity contribution in [3.05, 3.63) is 92.6 Å². The Morgan fingerprint density at radius 1 is 1.08 bits per heavy atom. The van der Waals surface area contributed by atoms with Crippen molar-refractivity contribution in [2.24, 2.45) is 11.8 Å². The van der Waals surface area contributed by atoms with Gasteiger partial charge in [0.25, 0.3) is 0 Å². The SMILES string of the molecule is CCC[C@H](c1ccc(C(O)=[NH+]CCC(=O)O)cc1)[C@H](c1ccc(Cl)cc1)c1c[nH]c2c1=CC(C)C(C)C=2F. The second-order valence-electron chi connectivity index (χ2n) is 10.2. The number of aromatic amines is 1. The second-order valence-corrected chi connectivity index (χ2v) is 10.6. The number of H-pyrrole nitrogens is 1. The molecule has 0 fully saturated rings. The zero-order chi connectivity index (χ0) is 27.4. The van der Waals surface area contributed by atoms with Gasteiger partial charge in [-0.2, -0.15) is 0 Å². The average molecular weight is 538 g/mol. The van der Waals surface area contributed by atoms with Gasteiger partial charge in [-0.05, 0) is 59.2 Å². The van der Waals surface area contributed by atoms with Gasteiger partial charge in [-0.1, -0.05) is 69.1 Å². The van der Waals surface area contributed by atoms with Crippen molar-refractivity contribution in [3.8, 4) is 0 Å². The number of rotatable bonds is 10. The molecule has 0 bridgehead atoms. The number of hydrogen-bond acceptors (Lipinski definition) is 1. The largest absolute Gasteiger partial charge is 0.481 e. The van der Waals surface area contributed by atoms with Crippen molar-refractivity contribution >= 4 is 35.4 Å². The van der Waals surface area contributed by atoms with Crippen molar-refractivity contribution in [2.45, 2.75) is 51.9 Å². The topological polar surface area (TPSA) is 87.3 Å². The standard InChI is InChI=1S/C31H34ClFN2O3/c1-4-5-24(20-6-8-22(9-7-20)31(38)34-15-14-27(36)37)28(21-10-12-23(32)13-11-21)26-17-35-30-25(26)16-18(2)19(3)29(30)33/h6-13,16-19,24,28,35H,4-5,14-15H2,1-3H3,(H,34,38)(H,36,37)/p+1/t18?,19?,24-,28+/m1/s1. The van der Waals surface area contributed by atoms with E-state index in [1.807, 2.05) is 61.7 Å². The molecular weight excluding hydrogens is 503 g/mol. The van der Waals surface area contributed by atoms with Gasteiger partial charge >= 0.3 is 11.9 Å². The fraction of sp³-hybridized carbons (Fsp3) is 0.355. The summed E-state index contributed by atoms with van der Waals surface area (Å²) in [6, 6.07) is 15.6. The maximum Gasteiger partial charge on any atom is 0.365 e. The molecule has 3 aromatic rings. The molecule has 0 spiro atoms. The predicted octanol–water partition coefficient (Wildman–Crippen LogP) is 4.39. The quantitative estimate of drug-likeness (QED) is 0.228. The van der Waals surface area contributed by atoms with Crippen LogP contribution in [0, 0.1) is 11.8 Å². The summed E-state index contributed by atoms with van der Waals surface area (Å²) in [6.07, 6.45) is 5.90. The van der Waals surface area contributed by atoms with Crippen molar-refractivity contribution in [1.29, 1.82) is 0 Å². The highest BCUT2D eigenvalue weighted by atomic mass is 35.5. The Bertz CT molecular complexity index is 1430. The summed E-state index contributed by atoms with van der Waals surface area (Å²) < 4.78 is 15.3. The minimum absolute atomic E-state index is 0.0472. The molecule has 1 aliphatic carbocycles. The van der Waals surface area contributed by atoms with Crippen LogP contribution in [0.15, 0.2) is 54.7 Å². The van der Waals surface area contributed by atoms with E-state index in [1.54, 1.807) is 0 Å². The van der Waals surface area contributed by atoms with Crippen LogP contribution in [-0.2, 0) is 4.79 Å². The Morgan fingerprint density at radius 3 is 2.37 bits per heavy atom. The highest BCUT2D eigenvalue weighted by Crippen LogP contribution is 2.41. The summed E-state index contributed by atoms with van der Waals surface area (Å²) in [7, 11) is 0. The lowest BCUT2D eigenvalue weighted by Crippen LogP contribution is -2.73. The minimum Gasteiger partial charge on any atom is -0.481 e. The molecule has 4 atom stereocenters. The molecule has 1 aliphatic rings. The Kier molecular flexibility index (Phi) is 8.72. The third kappa shape index (κ3) is 5.86. The molecule has 0 saturated heterocycles. The summed E-state index contributed by atoms with van der Waals surface area (Å²) in [6.45, 7) is 6.26. The number of aliphatic hydroxyl groups is 1. The normalized spacial score (nSPS) is 19.0. The number of aromatic nitrogens is 1. The van der Waals surface area contributed by atoms with Crippen LogP contribution in [0.1, 0.15) is 74.1 Å². The molecule has 0 aliphatic heterocycles. The van der Waals surface area contributed by atoms with Crippen molar-refractivity contribution in [1.82, 2.24) is 4.98 Å². The molecule has 1 heterocycles. The van der Waals surface area contributed by atoms with Gasteiger partial charge in [-0.15, -0.1) is 0 Å². The number of aliphatic hydroxyl groups excluding tert-OH is 1. The first-order valence-corrected chi connectivity index (χ1v) is 13.5. The first-order chi connectivity index (χ1) is 18.2. The Hall–Kier alpha value is -3.38. The van der Waals surface area contributed by atoms with E-state index in [0.717, 1.165) is 34.8 Å². The van der Waals surface area contributed by atoms with Crippen LogP contribution in [0.4, 0.5) is 4.39 Å². The molecule has 0 amide bonds. The molecule has 4 N–H and O–H groups in total. The van der Waals surface area contributed by atoms with Crippen LogP contribution < -0.4 is 15.6 Å². The molecule has 0 radical (unpaired) electrons. The van der Waals surface area contributed by atoms with Crippen LogP contribution in [0.25, 0.3) is 11.9 Å². The van der Waals surface area contributed by atoms with E-state index in [4.69, 9.17) is 16.7 Å². The number of carboxylic acid groups (broad SMARTS) is 1. The highest BCUT2D eigenvalue weighted by Gasteiger charge is 2.30. The third-order valence-corrected chi connectivity index (χ3v) is 7.87. The van der Waals surface area contributed by atoms with Gasteiger partial charge in [0.1, 0.15) is 12.2 Å². The molecule has 38 heavy (non-hydrogen) atoms. The monoisotopic (exact) mass is 537 g/mol. The predicted molar refractivity (Wildman–Crippen MR) is 150 cm³/mol. The van der Waals surface area contributed by atoms with Gasteiger partial charge in [0.15, 0.2) is 6.54 Å². The van der Waals surface area contributed by atoms with Crippen LogP contribution >= 0.6 is 11.6 Å². The number of fused-ring (bicyclic) bond motifs is 1. The van der Waals surface area contributed by atoms with Gasteiger partial charge in [0.05, 0.1) is 10.9 Å². The fourth-order valence-corrected chi connectivity index (χ4v) is 5.49. The smallest absolute Gasteiger partial charge is 0.365 e. The number of benzene rings is 2. The number of hydrogen-bond donors (Lipinski definition) is 4. The lowest BCUT2D eigenvalue weighted by molar-refractivity contribution is -0.464. The van der Waals surface area contributed by atoms with Gasteiger partial charge in [-0.3, -0.25) is 4.79 Å². The van der Waals surface area contributed by atoms with Crippen LogP contribution in [0.3, 0.4) is 0 Å². The lowest BCUT2D eigenvalue weighted by atomic mass is 9.74. The van der Waals surface area contributed by atoms with E-state index in [2.05, 4.69) is 29.9 Å². The Morgan fingerprint density at radius 2 is 1.74 bits per heavy atom. The van der Waals surface area contributed by atoms with Gasteiger partial charge in [-0.25, -0.2) is 9.38 Å². The van der Waals surface area contributed by atoms with E-state index in [1.165, 1.54) is 0 Å². The second kappa shape index (κ2) is 12.0. The molecule has 5 nitrogen and oxygen atoms in total. The maximum absolute atomic E-state index is 15.3. The summed E-state index contributed by atoms with van der Waals surface area (Å²) in [4.78, 5) is 16.8. The summed E-state index contributed by atoms with van der Waals surface area (Å²) >= 11 is 6.24. The van der Waals surface area contributed by atoms with E-state index in [9.17, 15) is 9.90 Å². The lowest BCUT2D eigenvalue weighted by Gasteiger charge is -2.29. The van der Waals surface area contributed by atoms with E-state index >= 15 is 4.39 Å². The number of nitrogens with one attached hydrogen (secondary N) is 2. The summed E-state index contributed by atoms with van der Waals surface area (Å²) in [5.41, 5.74) is 3.85. The number of carbonyl (C=O) groups is 1. The average Bonchev–Trinajstić information content (AvgIpc) is 3.31. The number of carboxylic acids is 1. The summed E-state index contributed by atoms with van der Waals surface area (Å²) in [5, 5.41) is 21.4. The number of aliphatic carboxylic acids is 1. The molecule has 1 aromatic heterocycles. The fourth-order valence-electron chi connectivity index (χ4n) is 5.36. The van der Waals surface area contributed by atoms with Crippen LogP contribution in [0.2, 0.25) is 5.02 Å². The zero-order valence-corrected chi connectivity index (χ0v) is 22.7. The molecule has 4 rings (SSSR count). The first kappa shape index (κ1) is 27.6. The maximum atomic E-state index is 15.3. The van der Waals surface area contributed by atoms with E-state index in [0.29, 0.717) is 15.9 Å². The van der Waals surface area contributed by atoms with Crippen LogP contribution in [0.5, 0.6) is 0 Å². The van der Waals surface area contributed by atoms with E-state index < -0.39 is 5.97 Å².